The van der Waals surface area contributed by atoms with Gasteiger partial charge in [0.25, 0.3) is 0 Å². The van der Waals surface area contributed by atoms with Crippen molar-refractivity contribution in [2.45, 2.75) is 32.5 Å². The second-order valence-electron chi connectivity index (χ2n) is 4.69. The highest BCUT2D eigenvalue weighted by atomic mass is 19.4. The number of nitrogens with two attached hydrogens (primary N) is 1. The van der Waals surface area contributed by atoms with E-state index in [0.29, 0.717) is 6.54 Å². The second-order valence-corrected chi connectivity index (χ2v) is 4.69. The molecule has 0 rings (SSSR count). The van der Waals surface area contributed by atoms with Gasteiger partial charge in [-0.05, 0) is 20.4 Å². The maximum absolute atomic E-state index is 12.6. The standard InChI is InChI=1S/C10H20F3N3O/c1-4-16(6-9(2,3)17)5-7(8(14)15)10(11,12)13/h7,17H,4-6H2,1-3H3,(H3,14,15). The Morgan fingerprint density at radius 3 is 2.12 bits per heavy atom. The van der Waals surface area contributed by atoms with Gasteiger partial charge in [0.15, 0.2) is 0 Å². The minimum atomic E-state index is -4.53. The number of hydrogen-bond donors (Lipinski definition) is 3. The van der Waals surface area contributed by atoms with E-state index in [0.717, 1.165) is 0 Å². The zero-order valence-electron chi connectivity index (χ0n) is 10.3. The molecule has 0 bridgehead atoms. The molecule has 0 radical (unpaired) electrons. The van der Waals surface area contributed by atoms with Gasteiger partial charge in [-0.1, -0.05) is 6.92 Å². The summed E-state index contributed by atoms with van der Waals surface area (Å²) in [6, 6.07) is 0. The van der Waals surface area contributed by atoms with Crippen LogP contribution in [0.1, 0.15) is 20.8 Å². The summed E-state index contributed by atoms with van der Waals surface area (Å²) in [4.78, 5) is 1.43. The maximum Gasteiger partial charge on any atom is 0.399 e. The van der Waals surface area contributed by atoms with E-state index in [-0.39, 0.29) is 6.54 Å². The van der Waals surface area contributed by atoms with Crippen molar-refractivity contribution in [3.05, 3.63) is 0 Å². The van der Waals surface area contributed by atoms with E-state index >= 15 is 0 Å². The Morgan fingerprint density at radius 2 is 1.88 bits per heavy atom. The van der Waals surface area contributed by atoms with Gasteiger partial charge in [-0.2, -0.15) is 13.2 Å². The van der Waals surface area contributed by atoms with Crippen LogP contribution in [0.25, 0.3) is 0 Å². The summed E-state index contributed by atoms with van der Waals surface area (Å²) in [5.74, 6) is -2.88. The average molecular weight is 255 g/mol. The first-order chi connectivity index (χ1) is 7.47. The van der Waals surface area contributed by atoms with Gasteiger partial charge in [0.2, 0.25) is 0 Å². The zero-order valence-corrected chi connectivity index (χ0v) is 10.3. The van der Waals surface area contributed by atoms with Crippen molar-refractivity contribution >= 4 is 5.84 Å². The van der Waals surface area contributed by atoms with E-state index < -0.39 is 30.1 Å². The fourth-order valence-corrected chi connectivity index (χ4v) is 1.49. The molecule has 0 saturated carbocycles. The zero-order chi connectivity index (χ0) is 13.9. The minimum absolute atomic E-state index is 0.101. The van der Waals surface area contributed by atoms with Crippen molar-refractivity contribution in [2.24, 2.45) is 11.7 Å². The van der Waals surface area contributed by atoms with Crippen LogP contribution in [0.4, 0.5) is 13.2 Å². The molecule has 1 atom stereocenters. The summed E-state index contributed by atoms with van der Waals surface area (Å²) < 4.78 is 37.8. The van der Waals surface area contributed by atoms with Crippen molar-refractivity contribution in [3.63, 3.8) is 0 Å². The number of nitrogens with one attached hydrogen (secondary N) is 1. The monoisotopic (exact) mass is 255 g/mol. The molecular weight excluding hydrogens is 235 g/mol. The molecular formula is C10H20F3N3O. The third kappa shape index (κ3) is 6.48. The lowest BCUT2D eigenvalue weighted by Gasteiger charge is -2.31. The number of aliphatic hydroxyl groups is 1. The Balaban J connectivity index is 4.68. The van der Waals surface area contributed by atoms with E-state index in [2.05, 4.69) is 0 Å². The third-order valence-electron chi connectivity index (χ3n) is 2.27. The topological polar surface area (TPSA) is 73.3 Å². The van der Waals surface area contributed by atoms with Crippen LogP contribution in [0, 0.1) is 11.3 Å². The SMILES string of the molecule is CCN(CC(C(=N)N)C(F)(F)F)CC(C)(C)O. The Bertz CT molecular complexity index is 261. The van der Waals surface area contributed by atoms with Crippen LogP contribution < -0.4 is 5.73 Å². The van der Waals surface area contributed by atoms with Crippen molar-refractivity contribution in [1.82, 2.24) is 4.90 Å². The number of amidine groups is 1. The van der Waals surface area contributed by atoms with Gasteiger partial charge in [0, 0.05) is 13.1 Å². The van der Waals surface area contributed by atoms with Crippen molar-refractivity contribution in [1.29, 1.82) is 5.41 Å². The molecule has 0 aliphatic carbocycles. The number of nitrogens with zero attached hydrogens (tertiary/aromatic N) is 1. The highest BCUT2D eigenvalue weighted by molar-refractivity contribution is 5.80. The van der Waals surface area contributed by atoms with Gasteiger partial charge in [0.05, 0.1) is 5.60 Å². The predicted molar refractivity (Wildman–Crippen MR) is 59.9 cm³/mol. The van der Waals surface area contributed by atoms with Crippen molar-refractivity contribution in [3.8, 4) is 0 Å². The van der Waals surface area contributed by atoms with Gasteiger partial charge in [-0.3, -0.25) is 10.3 Å². The Morgan fingerprint density at radius 1 is 1.41 bits per heavy atom. The first-order valence-electron chi connectivity index (χ1n) is 5.32. The van der Waals surface area contributed by atoms with E-state index in [1.54, 1.807) is 6.92 Å². The van der Waals surface area contributed by atoms with E-state index in [1.165, 1.54) is 18.7 Å². The lowest BCUT2D eigenvalue weighted by molar-refractivity contribution is -0.161. The van der Waals surface area contributed by atoms with Crippen LogP contribution in [0.2, 0.25) is 0 Å². The van der Waals surface area contributed by atoms with Crippen molar-refractivity contribution < 1.29 is 18.3 Å². The van der Waals surface area contributed by atoms with Crippen LogP contribution in [0.3, 0.4) is 0 Å². The molecule has 0 fully saturated rings. The average Bonchev–Trinajstić information content (AvgIpc) is 2.07. The number of rotatable bonds is 6. The fourth-order valence-electron chi connectivity index (χ4n) is 1.49. The molecule has 0 spiro atoms. The van der Waals surface area contributed by atoms with Crippen LogP contribution in [-0.4, -0.2) is 47.3 Å². The molecule has 1 unspecified atom stereocenters. The fraction of sp³-hybridized carbons (Fsp3) is 0.900. The summed E-state index contributed by atoms with van der Waals surface area (Å²) in [6.45, 7) is 4.78. The molecule has 4 N–H and O–H groups in total. The van der Waals surface area contributed by atoms with Crippen LogP contribution >= 0.6 is 0 Å². The quantitative estimate of drug-likeness (QED) is 0.493. The molecule has 4 nitrogen and oxygen atoms in total. The summed E-state index contributed by atoms with van der Waals surface area (Å²) in [5, 5.41) is 16.5. The highest BCUT2D eigenvalue weighted by Gasteiger charge is 2.42. The smallest absolute Gasteiger partial charge is 0.389 e. The summed E-state index contributed by atoms with van der Waals surface area (Å²) in [6.07, 6.45) is -4.53. The molecule has 0 aliphatic rings. The molecule has 0 heterocycles. The Kier molecular flexibility index (Phi) is 5.41. The Hall–Kier alpha value is -0.820. The normalized spacial score (nSPS) is 15.1. The van der Waals surface area contributed by atoms with Gasteiger partial charge in [0.1, 0.15) is 11.8 Å². The van der Waals surface area contributed by atoms with E-state index in [9.17, 15) is 18.3 Å². The van der Waals surface area contributed by atoms with Crippen LogP contribution in [0.15, 0.2) is 0 Å². The molecule has 0 aromatic rings. The molecule has 7 heteroatoms. The molecule has 0 aromatic carbocycles. The molecule has 17 heavy (non-hydrogen) atoms. The van der Waals surface area contributed by atoms with E-state index in [4.69, 9.17) is 11.1 Å². The van der Waals surface area contributed by atoms with Gasteiger partial charge >= 0.3 is 6.18 Å². The van der Waals surface area contributed by atoms with Crippen LogP contribution in [-0.2, 0) is 0 Å². The lowest BCUT2D eigenvalue weighted by Crippen LogP contribution is -2.47. The number of halogens is 3. The van der Waals surface area contributed by atoms with Gasteiger partial charge < -0.3 is 10.8 Å². The maximum atomic E-state index is 12.6. The largest absolute Gasteiger partial charge is 0.399 e. The second kappa shape index (κ2) is 5.68. The first kappa shape index (κ1) is 16.2. The highest BCUT2D eigenvalue weighted by Crippen LogP contribution is 2.27. The third-order valence-corrected chi connectivity index (χ3v) is 2.27. The Labute approximate surface area is 99.1 Å². The molecule has 102 valence electrons. The molecule has 0 amide bonds. The van der Waals surface area contributed by atoms with Gasteiger partial charge in [-0.25, -0.2) is 0 Å². The first-order valence-corrected chi connectivity index (χ1v) is 5.32. The summed E-state index contributed by atoms with van der Waals surface area (Å²) in [5.41, 5.74) is 3.88. The molecule has 0 aliphatic heterocycles. The van der Waals surface area contributed by atoms with Gasteiger partial charge in [-0.15, -0.1) is 0 Å². The minimum Gasteiger partial charge on any atom is -0.389 e. The molecule has 0 saturated heterocycles. The summed E-state index contributed by atoms with van der Waals surface area (Å²) >= 11 is 0. The van der Waals surface area contributed by atoms with Crippen molar-refractivity contribution in [2.75, 3.05) is 19.6 Å². The lowest BCUT2D eigenvalue weighted by atomic mass is 10.1. The molecule has 0 aromatic heterocycles. The summed E-state index contributed by atoms with van der Waals surface area (Å²) in [7, 11) is 0. The number of alkyl halides is 3. The predicted octanol–water partition coefficient (Wildman–Crippen LogP) is 1.19. The number of hydrogen-bond acceptors (Lipinski definition) is 3. The number of likely N-dealkylation sites (N-methyl/N-ethyl adjacent to an activating group) is 1. The van der Waals surface area contributed by atoms with Crippen LogP contribution in [0.5, 0.6) is 0 Å². The van der Waals surface area contributed by atoms with E-state index in [1.807, 2.05) is 0 Å².